The van der Waals surface area contributed by atoms with E-state index in [2.05, 4.69) is 17.9 Å². The number of aliphatic hydroxyl groups excluding tert-OH is 1. The van der Waals surface area contributed by atoms with Crippen molar-refractivity contribution in [1.29, 1.82) is 0 Å². The smallest absolute Gasteiger partial charge is 0.252 e. The van der Waals surface area contributed by atoms with Crippen LogP contribution in [0.25, 0.3) is 0 Å². The lowest BCUT2D eigenvalue weighted by Crippen LogP contribution is -2.28. The maximum Gasteiger partial charge on any atom is 0.252 e. The standard InChI is InChI=1S/C12H17NO3S/c1-16-8-9(14)6-7-13-12(15)10-4-2-3-5-11(10)17/h2-5,9,14,17H,6-8H2,1H3,(H,13,15). The Labute approximate surface area is 106 Å². The van der Waals surface area contributed by atoms with Crippen LogP contribution in [0.2, 0.25) is 0 Å². The van der Waals surface area contributed by atoms with E-state index in [1.807, 2.05) is 6.07 Å². The molecule has 0 saturated carbocycles. The molecule has 0 fully saturated rings. The molecule has 94 valence electrons. The van der Waals surface area contributed by atoms with Crippen molar-refractivity contribution in [1.82, 2.24) is 5.32 Å². The van der Waals surface area contributed by atoms with Crippen LogP contribution in [0, 0.1) is 0 Å². The topological polar surface area (TPSA) is 58.6 Å². The van der Waals surface area contributed by atoms with Crippen molar-refractivity contribution in [3.63, 3.8) is 0 Å². The van der Waals surface area contributed by atoms with Gasteiger partial charge < -0.3 is 15.2 Å². The highest BCUT2D eigenvalue weighted by Gasteiger charge is 2.09. The Kier molecular flexibility index (Phi) is 6.04. The van der Waals surface area contributed by atoms with E-state index in [0.29, 0.717) is 23.4 Å². The summed E-state index contributed by atoms with van der Waals surface area (Å²) < 4.78 is 4.79. The number of ether oxygens (including phenoxy) is 1. The second-order valence-electron chi connectivity index (χ2n) is 3.67. The van der Waals surface area contributed by atoms with E-state index in [-0.39, 0.29) is 12.5 Å². The maximum atomic E-state index is 11.7. The number of hydrogen-bond donors (Lipinski definition) is 3. The van der Waals surface area contributed by atoms with Gasteiger partial charge in [-0.25, -0.2) is 0 Å². The van der Waals surface area contributed by atoms with Gasteiger partial charge in [0.05, 0.1) is 18.3 Å². The van der Waals surface area contributed by atoms with Gasteiger partial charge in [-0.1, -0.05) is 12.1 Å². The van der Waals surface area contributed by atoms with Gasteiger partial charge in [-0.3, -0.25) is 4.79 Å². The van der Waals surface area contributed by atoms with Crippen LogP contribution in [-0.2, 0) is 4.74 Å². The summed E-state index contributed by atoms with van der Waals surface area (Å²) in [4.78, 5) is 12.4. The number of amides is 1. The molecule has 0 aromatic heterocycles. The first kappa shape index (κ1) is 14.0. The quantitative estimate of drug-likeness (QED) is 0.667. The number of benzene rings is 1. The van der Waals surface area contributed by atoms with Crippen LogP contribution in [0.4, 0.5) is 0 Å². The average molecular weight is 255 g/mol. The molecule has 1 aromatic rings. The number of methoxy groups -OCH3 is 1. The van der Waals surface area contributed by atoms with Gasteiger partial charge in [-0.2, -0.15) is 0 Å². The largest absolute Gasteiger partial charge is 0.391 e. The Morgan fingerprint density at radius 1 is 1.53 bits per heavy atom. The molecular weight excluding hydrogens is 238 g/mol. The summed E-state index contributed by atoms with van der Waals surface area (Å²) in [5, 5.41) is 12.1. The molecule has 1 atom stereocenters. The van der Waals surface area contributed by atoms with Crippen LogP contribution in [0.1, 0.15) is 16.8 Å². The highest BCUT2D eigenvalue weighted by Crippen LogP contribution is 2.12. The fourth-order valence-electron chi connectivity index (χ4n) is 1.39. The van der Waals surface area contributed by atoms with E-state index in [0.717, 1.165) is 0 Å². The number of aliphatic hydroxyl groups is 1. The Balaban J connectivity index is 2.38. The highest BCUT2D eigenvalue weighted by atomic mass is 32.1. The van der Waals surface area contributed by atoms with Gasteiger partial charge in [0.25, 0.3) is 5.91 Å². The summed E-state index contributed by atoms with van der Waals surface area (Å²) in [6.07, 6.45) is -0.0829. The van der Waals surface area contributed by atoms with E-state index in [1.54, 1.807) is 18.2 Å². The molecule has 0 bridgehead atoms. The molecule has 0 radical (unpaired) electrons. The minimum atomic E-state index is -0.549. The Morgan fingerprint density at radius 3 is 2.88 bits per heavy atom. The van der Waals surface area contributed by atoms with Gasteiger partial charge >= 0.3 is 0 Å². The van der Waals surface area contributed by atoms with Crippen molar-refractivity contribution in [2.24, 2.45) is 0 Å². The number of thiol groups is 1. The zero-order valence-electron chi connectivity index (χ0n) is 9.72. The first-order valence-corrected chi connectivity index (χ1v) is 5.83. The molecule has 17 heavy (non-hydrogen) atoms. The van der Waals surface area contributed by atoms with Crippen molar-refractivity contribution >= 4 is 18.5 Å². The van der Waals surface area contributed by atoms with E-state index < -0.39 is 6.10 Å². The third-order valence-corrected chi connectivity index (χ3v) is 2.66. The second-order valence-corrected chi connectivity index (χ2v) is 4.15. The van der Waals surface area contributed by atoms with Gasteiger partial charge in [0, 0.05) is 18.6 Å². The van der Waals surface area contributed by atoms with Crippen LogP contribution in [0.15, 0.2) is 29.2 Å². The Hall–Kier alpha value is -1.04. The molecule has 0 heterocycles. The van der Waals surface area contributed by atoms with Gasteiger partial charge in [0.15, 0.2) is 0 Å². The van der Waals surface area contributed by atoms with Gasteiger partial charge in [-0.05, 0) is 18.6 Å². The van der Waals surface area contributed by atoms with Gasteiger partial charge in [-0.15, -0.1) is 12.6 Å². The molecule has 0 saturated heterocycles. The predicted molar refractivity (Wildman–Crippen MR) is 68.5 cm³/mol. The molecule has 1 unspecified atom stereocenters. The van der Waals surface area contributed by atoms with Crippen LogP contribution in [0.3, 0.4) is 0 Å². The van der Waals surface area contributed by atoms with E-state index in [4.69, 9.17) is 4.74 Å². The minimum Gasteiger partial charge on any atom is -0.391 e. The lowest BCUT2D eigenvalue weighted by Gasteiger charge is -2.10. The lowest BCUT2D eigenvalue weighted by atomic mass is 10.2. The molecule has 2 N–H and O–H groups in total. The normalized spacial score (nSPS) is 12.2. The van der Waals surface area contributed by atoms with Crippen molar-refractivity contribution < 1.29 is 14.6 Å². The average Bonchev–Trinajstić information content (AvgIpc) is 2.29. The SMILES string of the molecule is COCC(O)CCNC(=O)c1ccccc1S. The number of carbonyl (C=O) groups is 1. The van der Waals surface area contributed by atoms with Crippen LogP contribution >= 0.6 is 12.6 Å². The molecule has 1 rings (SSSR count). The first-order valence-electron chi connectivity index (χ1n) is 5.38. The molecule has 0 aliphatic rings. The Morgan fingerprint density at radius 2 is 2.24 bits per heavy atom. The van der Waals surface area contributed by atoms with E-state index in [1.165, 1.54) is 7.11 Å². The highest BCUT2D eigenvalue weighted by molar-refractivity contribution is 7.80. The summed E-state index contributed by atoms with van der Waals surface area (Å²) in [5.74, 6) is -0.180. The van der Waals surface area contributed by atoms with Crippen molar-refractivity contribution in [3.8, 4) is 0 Å². The van der Waals surface area contributed by atoms with E-state index >= 15 is 0 Å². The predicted octanol–water partition coefficient (Wildman–Crippen LogP) is 1.10. The number of carbonyl (C=O) groups excluding carboxylic acids is 1. The summed E-state index contributed by atoms with van der Waals surface area (Å²) in [6, 6.07) is 7.08. The zero-order chi connectivity index (χ0) is 12.7. The summed E-state index contributed by atoms with van der Waals surface area (Å²) in [6.45, 7) is 0.685. The van der Waals surface area contributed by atoms with Gasteiger partial charge in [0.2, 0.25) is 0 Å². The molecular formula is C12H17NO3S. The first-order chi connectivity index (χ1) is 8.15. The monoisotopic (exact) mass is 255 g/mol. The molecule has 5 heteroatoms. The molecule has 0 aliphatic carbocycles. The van der Waals surface area contributed by atoms with Crippen molar-refractivity contribution in [2.45, 2.75) is 17.4 Å². The van der Waals surface area contributed by atoms with Crippen molar-refractivity contribution in [2.75, 3.05) is 20.3 Å². The Bertz CT molecular complexity index is 371. The number of nitrogens with one attached hydrogen (secondary N) is 1. The summed E-state index contributed by atoms with van der Waals surface area (Å²) in [7, 11) is 1.53. The van der Waals surface area contributed by atoms with Crippen LogP contribution in [-0.4, -0.2) is 37.4 Å². The molecule has 4 nitrogen and oxygen atoms in total. The number of hydrogen-bond acceptors (Lipinski definition) is 4. The lowest BCUT2D eigenvalue weighted by molar-refractivity contribution is 0.0587. The fraction of sp³-hybridized carbons (Fsp3) is 0.417. The zero-order valence-corrected chi connectivity index (χ0v) is 10.6. The second kappa shape index (κ2) is 7.32. The summed E-state index contributed by atoms with van der Waals surface area (Å²) >= 11 is 4.20. The third kappa shape index (κ3) is 4.77. The fourth-order valence-corrected chi connectivity index (χ4v) is 1.65. The van der Waals surface area contributed by atoms with Crippen molar-refractivity contribution in [3.05, 3.63) is 29.8 Å². The maximum absolute atomic E-state index is 11.7. The molecule has 0 spiro atoms. The van der Waals surface area contributed by atoms with Gasteiger partial charge in [0.1, 0.15) is 0 Å². The summed E-state index contributed by atoms with van der Waals surface area (Å²) in [5.41, 5.74) is 0.539. The molecule has 0 aliphatic heterocycles. The number of rotatable bonds is 6. The minimum absolute atomic E-state index is 0.180. The molecule has 1 aromatic carbocycles. The third-order valence-electron chi connectivity index (χ3n) is 2.27. The van der Waals surface area contributed by atoms with Crippen LogP contribution in [0.5, 0.6) is 0 Å². The molecule has 1 amide bonds. The van der Waals surface area contributed by atoms with Crippen LogP contribution < -0.4 is 5.32 Å². The van der Waals surface area contributed by atoms with E-state index in [9.17, 15) is 9.90 Å².